The number of thiazole rings is 1. The number of amides is 1. The van der Waals surface area contributed by atoms with E-state index in [0.717, 1.165) is 11.3 Å². The molecule has 0 aliphatic rings. The summed E-state index contributed by atoms with van der Waals surface area (Å²) in [6.45, 7) is 3.83. The second-order valence-electron chi connectivity index (χ2n) is 3.96. The van der Waals surface area contributed by atoms with Crippen LogP contribution in [0.1, 0.15) is 12.5 Å². The third-order valence-corrected chi connectivity index (χ3v) is 3.69. The van der Waals surface area contributed by atoms with Gasteiger partial charge in [0.1, 0.15) is 0 Å². The van der Waals surface area contributed by atoms with Gasteiger partial charge in [0.25, 0.3) is 0 Å². The van der Waals surface area contributed by atoms with E-state index in [4.69, 9.17) is 0 Å². The minimum absolute atomic E-state index is 0.0827. The Kier molecular flexibility index (Phi) is 4.14. The fourth-order valence-corrected chi connectivity index (χ4v) is 2.35. The van der Waals surface area contributed by atoms with E-state index in [1.165, 1.54) is 16.9 Å². The number of benzene rings is 1. The number of anilines is 1. The summed E-state index contributed by atoms with van der Waals surface area (Å²) in [6, 6.07) is 8.07. The van der Waals surface area contributed by atoms with Crippen molar-refractivity contribution in [2.24, 2.45) is 0 Å². The SMILES string of the molecule is Cc1ccccc1-c1csc(NC(=O)C(C)Br)n1. The Morgan fingerprint density at radius 1 is 1.44 bits per heavy atom. The monoisotopic (exact) mass is 324 g/mol. The number of rotatable bonds is 3. The van der Waals surface area contributed by atoms with Gasteiger partial charge in [-0.05, 0) is 19.4 Å². The summed E-state index contributed by atoms with van der Waals surface area (Å²) in [6.07, 6.45) is 0. The van der Waals surface area contributed by atoms with Crippen LogP contribution >= 0.6 is 27.3 Å². The first-order valence-corrected chi connectivity index (χ1v) is 7.34. The van der Waals surface area contributed by atoms with E-state index < -0.39 is 0 Å². The van der Waals surface area contributed by atoms with Gasteiger partial charge in [0, 0.05) is 10.9 Å². The summed E-state index contributed by atoms with van der Waals surface area (Å²) in [5.74, 6) is -0.0827. The number of halogens is 1. The molecule has 1 aromatic carbocycles. The Bertz CT molecular complexity index is 566. The van der Waals surface area contributed by atoms with Crippen LogP contribution in [0.4, 0.5) is 5.13 Å². The summed E-state index contributed by atoms with van der Waals surface area (Å²) in [5.41, 5.74) is 3.17. The standard InChI is InChI=1S/C13H13BrN2OS/c1-8-5-3-4-6-10(8)11-7-18-13(15-11)16-12(17)9(2)14/h3-7,9H,1-2H3,(H,15,16,17). The molecule has 0 fully saturated rings. The second-order valence-corrected chi connectivity index (χ2v) is 6.19. The first kappa shape index (κ1) is 13.2. The number of nitrogens with zero attached hydrogens (tertiary/aromatic N) is 1. The van der Waals surface area contributed by atoms with Gasteiger partial charge in [-0.15, -0.1) is 11.3 Å². The highest BCUT2D eigenvalue weighted by Gasteiger charge is 2.12. The second kappa shape index (κ2) is 5.63. The molecule has 2 rings (SSSR count). The van der Waals surface area contributed by atoms with Crippen LogP contribution in [0.3, 0.4) is 0 Å². The van der Waals surface area contributed by atoms with Gasteiger partial charge in [-0.2, -0.15) is 0 Å². The Labute approximate surface area is 118 Å². The average Bonchev–Trinajstić information content (AvgIpc) is 2.77. The molecule has 1 N–H and O–H groups in total. The van der Waals surface area contributed by atoms with Crippen LogP contribution in [-0.2, 0) is 4.79 Å². The van der Waals surface area contributed by atoms with Crippen LogP contribution < -0.4 is 5.32 Å². The maximum atomic E-state index is 11.5. The van der Waals surface area contributed by atoms with E-state index in [1.54, 1.807) is 6.92 Å². The Hall–Kier alpha value is -1.20. The van der Waals surface area contributed by atoms with Crippen LogP contribution in [0.5, 0.6) is 0 Å². The summed E-state index contributed by atoms with van der Waals surface area (Å²) in [7, 11) is 0. The zero-order valence-corrected chi connectivity index (χ0v) is 12.5. The van der Waals surface area contributed by atoms with Gasteiger partial charge in [0.05, 0.1) is 10.5 Å². The molecular formula is C13H13BrN2OS. The summed E-state index contributed by atoms with van der Waals surface area (Å²) >= 11 is 4.66. The summed E-state index contributed by atoms with van der Waals surface area (Å²) < 4.78 is 0. The van der Waals surface area contributed by atoms with E-state index in [-0.39, 0.29) is 10.7 Å². The largest absolute Gasteiger partial charge is 0.301 e. The molecule has 3 nitrogen and oxygen atoms in total. The zero-order chi connectivity index (χ0) is 13.1. The van der Waals surface area contributed by atoms with Crippen molar-refractivity contribution in [2.45, 2.75) is 18.7 Å². The third-order valence-electron chi connectivity index (χ3n) is 2.52. The molecule has 5 heteroatoms. The van der Waals surface area contributed by atoms with E-state index in [9.17, 15) is 4.79 Å². The molecule has 0 saturated heterocycles. The molecule has 0 saturated carbocycles. The Morgan fingerprint density at radius 2 is 2.17 bits per heavy atom. The van der Waals surface area contributed by atoms with Crippen molar-refractivity contribution in [1.82, 2.24) is 4.98 Å². The lowest BCUT2D eigenvalue weighted by Gasteiger charge is -2.03. The van der Waals surface area contributed by atoms with Gasteiger partial charge in [-0.1, -0.05) is 40.2 Å². The van der Waals surface area contributed by atoms with Crippen molar-refractivity contribution < 1.29 is 4.79 Å². The van der Waals surface area contributed by atoms with Crippen molar-refractivity contribution in [3.8, 4) is 11.3 Å². The molecule has 1 unspecified atom stereocenters. The fraction of sp³-hybridized carbons (Fsp3) is 0.231. The van der Waals surface area contributed by atoms with Gasteiger partial charge < -0.3 is 5.32 Å². The van der Waals surface area contributed by atoms with E-state index >= 15 is 0 Å². The van der Waals surface area contributed by atoms with Crippen molar-refractivity contribution in [3.05, 3.63) is 35.2 Å². The van der Waals surface area contributed by atoms with Crippen molar-refractivity contribution in [2.75, 3.05) is 5.32 Å². The fourth-order valence-electron chi connectivity index (χ4n) is 1.52. The quantitative estimate of drug-likeness (QED) is 0.871. The number of hydrogen-bond acceptors (Lipinski definition) is 3. The molecule has 0 radical (unpaired) electrons. The molecule has 94 valence electrons. The normalized spacial score (nSPS) is 12.2. The predicted molar refractivity (Wildman–Crippen MR) is 79.3 cm³/mol. The summed E-state index contributed by atoms with van der Waals surface area (Å²) in [4.78, 5) is 15.7. The molecule has 1 amide bonds. The van der Waals surface area contributed by atoms with E-state index in [1.807, 2.05) is 36.6 Å². The van der Waals surface area contributed by atoms with Crippen molar-refractivity contribution in [3.63, 3.8) is 0 Å². The molecule has 1 aromatic heterocycles. The van der Waals surface area contributed by atoms with Gasteiger partial charge in [-0.25, -0.2) is 4.98 Å². The first-order chi connectivity index (χ1) is 8.58. The lowest BCUT2D eigenvalue weighted by molar-refractivity contribution is -0.115. The molecule has 18 heavy (non-hydrogen) atoms. The highest BCUT2D eigenvalue weighted by Crippen LogP contribution is 2.27. The van der Waals surface area contributed by atoms with Crippen molar-refractivity contribution >= 4 is 38.3 Å². The van der Waals surface area contributed by atoms with Gasteiger partial charge in [-0.3, -0.25) is 4.79 Å². The molecule has 0 aliphatic heterocycles. The van der Waals surface area contributed by atoms with Gasteiger partial charge in [0.2, 0.25) is 5.91 Å². The van der Waals surface area contributed by atoms with E-state index in [2.05, 4.69) is 26.2 Å². The number of aromatic nitrogens is 1. The van der Waals surface area contributed by atoms with Gasteiger partial charge >= 0.3 is 0 Å². The minimum atomic E-state index is -0.219. The van der Waals surface area contributed by atoms with Crippen LogP contribution in [0, 0.1) is 6.92 Å². The van der Waals surface area contributed by atoms with Crippen LogP contribution in [-0.4, -0.2) is 15.7 Å². The Morgan fingerprint density at radius 3 is 2.83 bits per heavy atom. The maximum absolute atomic E-state index is 11.5. The predicted octanol–water partition coefficient (Wildman–Crippen LogP) is 3.84. The number of aryl methyl sites for hydroxylation is 1. The maximum Gasteiger partial charge on any atom is 0.239 e. The molecule has 0 aliphatic carbocycles. The highest BCUT2D eigenvalue weighted by molar-refractivity contribution is 9.10. The van der Waals surface area contributed by atoms with Crippen LogP contribution in [0.2, 0.25) is 0 Å². The number of carbonyl (C=O) groups excluding carboxylic acids is 1. The molecule has 1 atom stereocenters. The number of carbonyl (C=O) groups is 1. The summed E-state index contributed by atoms with van der Waals surface area (Å²) in [5, 5.41) is 5.36. The average molecular weight is 325 g/mol. The van der Waals surface area contributed by atoms with Gasteiger partial charge in [0.15, 0.2) is 5.13 Å². The Balaban J connectivity index is 2.21. The zero-order valence-electron chi connectivity index (χ0n) is 10.1. The van der Waals surface area contributed by atoms with E-state index in [0.29, 0.717) is 5.13 Å². The topological polar surface area (TPSA) is 42.0 Å². The molecule has 2 aromatic rings. The molecule has 0 bridgehead atoms. The van der Waals surface area contributed by atoms with Crippen LogP contribution in [0.15, 0.2) is 29.6 Å². The molecular weight excluding hydrogens is 312 g/mol. The lowest BCUT2D eigenvalue weighted by atomic mass is 10.1. The number of nitrogens with one attached hydrogen (secondary N) is 1. The third kappa shape index (κ3) is 2.97. The molecule has 1 heterocycles. The number of alkyl halides is 1. The lowest BCUT2D eigenvalue weighted by Crippen LogP contribution is -2.19. The first-order valence-electron chi connectivity index (χ1n) is 5.54. The molecule has 0 spiro atoms. The van der Waals surface area contributed by atoms with Crippen LogP contribution in [0.25, 0.3) is 11.3 Å². The highest BCUT2D eigenvalue weighted by atomic mass is 79.9. The smallest absolute Gasteiger partial charge is 0.239 e. The number of hydrogen-bond donors (Lipinski definition) is 1. The van der Waals surface area contributed by atoms with Crippen molar-refractivity contribution in [1.29, 1.82) is 0 Å². The minimum Gasteiger partial charge on any atom is -0.301 e.